The smallest absolute Gasteiger partial charge is 0.395 e. The molecule has 3 heterocycles. The number of rotatable bonds is 6. The Labute approximate surface area is 233 Å². The van der Waals surface area contributed by atoms with Crippen LogP contribution in [-0.2, 0) is 16.1 Å². The van der Waals surface area contributed by atoms with Gasteiger partial charge < -0.3 is 24.6 Å². The summed E-state index contributed by atoms with van der Waals surface area (Å²) < 4.78 is 62.9. The summed E-state index contributed by atoms with van der Waals surface area (Å²) in [5, 5.41) is 2.77. The number of hydrogen-bond donors (Lipinski definition) is 1. The van der Waals surface area contributed by atoms with Gasteiger partial charge in [-0.25, -0.2) is 13.8 Å². The zero-order valence-electron chi connectivity index (χ0n) is 22.5. The minimum absolute atomic E-state index is 0.00859. The summed E-state index contributed by atoms with van der Waals surface area (Å²) in [6.45, 7) is 1.56. The van der Waals surface area contributed by atoms with Gasteiger partial charge in [-0.05, 0) is 49.1 Å². The first kappa shape index (κ1) is 28.6. The fraction of sp³-hybridized carbons (Fsp3) is 0.500. The highest BCUT2D eigenvalue weighted by atomic mass is 19.3. The maximum absolute atomic E-state index is 13.5. The van der Waals surface area contributed by atoms with Gasteiger partial charge in [0.2, 0.25) is 17.7 Å². The molecule has 0 bridgehead atoms. The Morgan fingerprint density at radius 3 is 2.49 bits per heavy atom. The van der Waals surface area contributed by atoms with Gasteiger partial charge in [0.15, 0.2) is 11.5 Å². The lowest BCUT2D eigenvalue weighted by atomic mass is 9.91. The molecule has 41 heavy (non-hydrogen) atoms. The molecule has 1 aromatic heterocycles. The number of nitrogens with zero attached hydrogens (tertiary/aromatic N) is 3. The van der Waals surface area contributed by atoms with E-state index in [4.69, 9.17) is 0 Å². The zero-order chi connectivity index (χ0) is 29.5. The number of nitrogens with one attached hydrogen (secondary N) is 1. The predicted octanol–water partition coefficient (Wildman–Crippen LogP) is 4.07. The molecule has 3 amide bonds. The van der Waals surface area contributed by atoms with Crippen molar-refractivity contribution in [3.63, 3.8) is 0 Å². The summed E-state index contributed by atoms with van der Waals surface area (Å²) in [6.07, 6.45) is -3.60. The van der Waals surface area contributed by atoms with E-state index in [2.05, 4.69) is 19.8 Å². The van der Waals surface area contributed by atoms with Gasteiger partial charge in [0, 0.05) is 45.3 Å². The number of benzene rings is 1. The number of fused-ring (bicyclic) bond motifs is 1. The van der Waals surface area contributed by atoms with Gasteiger partial charge in [0.1, 0.15) is 11.7 Å². The molecule has 2 aromatic rings. The first-order valence-corrected chi connectivity index (χ1v) is 13.4. The van der Waals surface area contributed by atoms with E-state index in [0.29, 0.717) is 11.3 Å². The van der Waals surface area contributed by atoms with Crippen LogP contribution in [0, 0.1) is 0 Å². The lowest BCUT2D eigenvalue weighted by Crippen LogP contribution is -2.45. The van der Waals surface area contributed by atoms with Crippen LogP contribution in [0.4, 0.5) is 17.6 Å². The van der Waals surface area contributed by atoms with E-state index < -0.39 is 30.1 Å². The Bertz CT molecular complexity index is 1350. The van der Waals surface area contributed by atoms with Crippen LogP contribution in [0.25, 0.3) is 0 Å². The number of halogens is 4. The van der Waals surface area contributed by atoms with E-state index in [9.17, 15) is 31.9 Å². The van der Waals surface area contributed by atoms with Crippen molar-refractivity contribution in [1.29, 1.82) is 0 Å². The number of likely N-dealkylation sites (tertiary alicyclic amines) is 1. The first-order valence-electron chi connectivity index (χ1n) is 13.4. The molecule has 1 unspecified atom stereocenters. The van der Waals surface area contributed by atoms with Crippen LogP contribution in [0.5, 0.6) is 11.5 Å². The highest BCUT2D eigenvalue weighted by Gasteiger charge is 2.45. The van der Waals surface area contributed by atoms with Crippen LogP contribution in [-0.4, -0.2) is 70.4 Å². The number of ether oxygens (including phenoxy) is 2. The molecule has 2 aliphatic heterocycles. The minimum atomic E-state index is -3.75. The van der Waals surface area contributed by atoms with Crippen molar-refractivity contribution in [2.24, 2.45) is 0 Å². The van der Waals surface area contributed by atoms with E-state index in [1.165, 1.54) is 34.9 Å². The average molecular weight is 579 g/mol. The number of carbonyl (C=O) groups is 3. The normalized spacial score (nSPS) is 22.8. The van der Waals surface area contributed by atoms with Crippen LogP contribution in [0.2, 0.25) is 0 Å². The zero-order valence-corrected chi connectivity index (χ0v) is 22.5. The Kier molecular flexibility index (Phi) is 7.56. The molecule has 13 heteroatoms. The predicted molar refractivity (Wildman–Crippen MR) is 137 cm³/mol. The third kappa shape index (κ3) is 6.23. The molecule has 1 aliphatic carbocycles. The molecule has 1 N–H and O–H groups in total. The summed E-state index contributed by atoms with van der Waals surface area (Å²) in [6, 6.07) is 8.10. The Morgan fingerprint density at radius 2 is 1.78 bits per heavy atom. The molecule has 5 rings (SSSR count). The summed E-state index contributed by atoms with van der Waals surface area (Å²) in [7, 11) is 1.57. The summed E-state index contributed by atoms with van der Waals surface area (Å²) in [5.41, 5.74) is 1.18. The second kappa shape index (κ2) is 10.8. The number of aromatic nitrogens is 1. The Morgan fingerprint density at radius 1 is 1.07 bits per heavy atom. The highest BCUT2D eigenvalue weighted by molar-refractivity contribution is 5.92. The highest BCUT2D eigenvalue weighted by Crippen LogP contribution is 2.44. The van der Waals surface area contributed by atoms with Gasteiger partial charge in [0.25, 0.3) is 5.91 Å². The number of amides is 3. The van der Waals surface area contributed by atoms with Crippen molar-refractivity contribution in [3.05, 3.63) is 53.3 Å². The molecule has 220 valence electrons. The molecule has 0 spiro atoms. The number of carbonyl (C=O) groups excluding carboxylic acids is 3. The first-order chi connectivity index (χ1) is 19.3. The second-order valence-corrected chi connectivity index (χ2v) is 10.7. The van der Waals surface area contributed by atoms with E-state index >= 15 is 0 Å². The van der Waals surface area contributed by atoms with Gasteiger partial charge >= 0.3 is 6.29 Å². The van der Waals surface area contributed by atoms with Crippen molar-refractivity contribution in [2.45, 2.75) is 75.8 Å². The molecule has 1 saturated heterocycles. The molecule has 1 aromatic carbocycles. The fourth-order valence-electron chi connectivity index (χ4n) is 5.64. The van der Waals surface area contributed by atoms with Crippen molar-refractivity contribution in [2.75, 3.05) is 13.6 Å². The lowest BCUT2D eigenvalue weighted by Gasteiger charge is -2.34. The lowest BCUT2D eigenvalue weighted by molar-refractivity contribution is -0.286. The molecular formula is C28H30F4N4O5. The third-order valence-electron chi connectivity index (χ3n) is 7.93. The maximum Gasteiger partial charge on any atom is 0.586 e. The van der Waals surface area contributed by atoms with Gasteiger partial charge in [-0.15, -0.1) is 8.78 Å². The molecule has 2 atom stereocenters. The summed E-state index contributed by atoms with van der Waals surface area (Å²) >= 11 is 0. The topological polar surface area (TPSA) is 101 Å². The quantitative estimate of drug-likeness (QED) is 0.519. The number of hydrogen-bond acceptors (Lipinski definition) is 6. The maximum atomic E-state index is 13.5. The van der Waals surface area contributed by atoms with Crippen molar-refractivity contribution < 1.29 is 41.4 Å². The second-order valence-electron chi connectivity index (χ2n) is 10.7. The number of alkyl halides is 4. The Hall–Kier alpha value is -3.90. The largest absolute Gasteiger partial charge is 0.586 e. The van der Waals surface area contributed by atoms with Gasteiger partial charge in [-0.2, -0.15) is 0 Å². The Balaban J connectivity index is 1.21. The number of pyridine rings is 1. The van der Waals surface area contributed by atoms with Crippen LogP contribution in [0.1, 0.15) is 66.7 Å². The molecule has 0 radical (unpaired) electrons. The molecule has 2 fully saturated rings. The SMILES string of the molecule is CC(=O)N1CC(c2ccc3c(c2)OC(F)(F)O3)C[C@@H]1C(=O)NCc1cccc(C(=O)N(C)C2CCC(F)(F)CC2)n1. The summed E-state index contributed by atoms with van der Waals surface area (Å²) in [4.78, 5) is 45.7. The molecule has 9 nitrogen and oxygen atoms in total. The van der Waals surface area contributed by atoms with Gasteiger partial charge in [-0.1, -0.05) is 12.1 Å². The van der Waals surface area contributed by atoms with Gasteiger partial charge in [0.05, 0.1) is 12.2 Å². The van der Waals surface area contributed by atoms with E-state index in [1.54, 1.807) is 25.2 Å². The van der Waals surface area contributed by atoms with Crippen LogP contribution in [0.3, 0.4) is 0 Å². The monoisotopic (exact) mass is 578 g/mol. The van der Waals surface area contributed by atoms with Crippen molar-refractivity contribution in [3.8, 4) is 11.5 Å². The third-order valence-corrected chi connectivity index (χ3v) is 7.93. The van der Waals surface area contributed by atoms with Crippen molar-refractivity contribution in [1.82, 2.24) is 20.1 Å². The molecule has 3 aliphatic rings. The fourth-order valence-corrected chi connectivity index (χ4v) is 5.64. The summed E-state index contributed by atoms with van der Waals surface area (Å²) in [5.74, 6) is -4.32. The van der Waals surface area contributed by atoms with Crippen molar-refractivity contribution >= 4 is 17.7 Å². The molecular weight excluding hydrogens is 548 g/mol. The van der Waals surface area contributed by atoms with E-state index in [0.717, 1.165) is 0 Å². The van der Waals surface area contributed by atoms with Crippen LogP contribution in [0.15, 0.2) is 36.4 Å². The minimum Gasteiger partial charge on any atom is -0.395 e. The molecule has 1 saturated carbocycles. The standard InChI is InChI=1S/C28H30F4N4O5/c1-16(37)36-15-18(17-6-7-23-24(13-17)41-28(31,32)40-23)12-22(36)25(38)33-14-19-4-3-5-21(34-19)26(39)35(2)20-8-10-27(29,30)11-9-20/h3-7,13,18,20,22H,8-12,14-15H2,1-2H3,(H,33,38)/t18?,22-/m1/s1. The van der Waals surface area contributed by atoms with Crippen LogP contribution >= 0.6 is 0 Å². The van der Waals surface area contributed by atoms with Crippen LogP contribution < -0.4 is 14.8 Å². The van der Waals surface area contributed by atoms with E-state index in [-0.39, 0.29) is 80.3 Å². The van der Waals surface area contributed by atoms with Gasteiger partial charge in [-0.3, -0.25) is 14.4 Å². The van der Waals surface area contributed by atoms with E-state index in [1.807, 2.05) is 0 Å². The average Bonchev–Trinajstić information content (AvgIpc) is 3.51.